The summed E-state index contributed by atoms with van der Waals surface area (Å²) in [5.41, 5.74) is 2.79. The fourth-order valence-electron chi connectivity index (χ4n) is 2.44. The van der Waals surface area contributed by atoms with Crippen molar-refractivity contribution >= 4 is 23.4 Å². The third kappa shape index (κ3) is 4.10. The van der Waals surface area contributed by atoms with E-state index in [1.165, 1.54) is 6.26 Å². The smallest absolute Gasteiger partial charge is 0.411 e. The van der Waals surface area contributed by atoms with Gasteiger partial charge in [-0.05, 0) is 42.8 Å². The van der Waals surface area contributed by atoms with Gasteiger partial charge < -0.3 is 14.5 Å². The first-order chi connectivity index (χ1) is 12.7. The predicted octanol–water partition coefficient (Wildman–Crippen LogP) is 4.77. The van der Waals surface area contributed by atoms with Crippen molar-refractivity contribution in [2.45, 2.75) is 6.92 Å². The average molecular weight is 350 g/mol. The Morgan fingerprint density at radius 1 is 0.923 bits per heavy atom. The Bertz CT molecular complexity index is 886. The largest absolute Gasteiger partial charge is 0.459 e. The Morgan fingerprint density at radius 3 is 2.23 bits per heavy atom. The van der Waals surface area contributed by atoms with Crippen molar-refractivity contribution in [2.75, 3.05) is 17.2 Å². The summed E-state index contributed by atoms with van der Waals surface area (Å²) in [5, 5.41) is 5.37. The van der Waals surface area contributed by atoms with E-state index in [4.69, 9.17) is 9.15 Å². The second-order valence-electron chi connectivity index (χ2n) is 5.41. The Kier molecular flexibility index (Phi) is 5.34. The molecule has 0 fully saturated rings. The van der Waals surface area contributed by atoms with Gasteiger partial charge in [-0.2, -0.15) is 0 Å². The van der Waals surface area contributed by atoms with E-state index >= 15 is 0 Å². The quantitative estimate of drug-likeness (QED) is 0.695. The summed E-state index contributed by atoms with van der Waals surface area (Å²) < 4.78 is 10.2. The SMILES string of the molecule is CCOC(=O)Nc1ccc(NC(=O)c2occc2-c2ccccc2)cc1. The lowest BCUT2D eigenvalue weighted by molar-refractivity contribution is 0.0997. The van der Waals surface area contributed by atoms with Gasteiger partial charge in [-0.1, -0.05) is 30.3 Å². The third-order valence-corrected chi connectivity index (χ3v) is 3.62. The van der Waals surface area contributed by atoms with E-state index in [0.29, 0.717) is 18.0 Å². The zero-order valence-corrected chi connectivity index (χ0v) is 14.2. The highest BCUT2D eigenvalue weighted by Crippen LogP contribution is 2.25. The van der Waals surface area contributed by atoms with E-state index in [2.05, 4.69) is 10.6 Å². The van der Waals surface area contributed by atoms with Gasteiger partial charge in [0.1, 0.15) is 0 Å². The van der Waals surface area contributed by atoms with E-state index < -0.39 is 6.09 Å². The number of rotatable bonds is 5. The highest BCUT2D eigenvalue weighted by molar-refractivity contribution is 6.06. The van der Waals surface area contributed by atoms with Gasteiger partial charge in [0.15, 0.2) is 5.76 Å². The molecule has 0 atom stereocenters. The number of nitrogens with one attached hydrogen (secondary N) is 2. The van der Waals surface area contributed by atoms with Crippen molar-refractivity contribution in [3.8, 4) is 11.1 Å². The van der Waals surface area contributed by atoms with Crippen molar-refractivity contribution in [1.82, 2.24) is 0 Å². The first kappa shape index (κ1) is 17.3. The second kappa shape index (κ2) is 8.02. The van der Waals surface area contributed by atoms with Crippen molar-refractivity contribution in [3.63, 3.8) is 0 Å². The van der Waals surface area contributed by atoms with Crippen LogP contribution < -0.4 is 10.6 Å². The van der Waals surface area contributed by atoms with Crippen LogP contribution in [0.4, 0.5) is 16.2 Å². The zero-order chi connectivity index (χ0) is 18.4. The Labute approximate surface area is 150 Å². The van der Waals surface area contributed by atoms with Gasteiger partial charge in [-0.15, -0.1) is 0 Å². The maximum Gasteiger partial charge on any atom is 0.411 e. The normalized spacial score (nSPS) is 10.2. The fourth-order valence-corrected chi connectivity index (χ4v) is 2.44. The van der Waals surface area contributed by atoms with Crippen LogP contribution >= 0.6 is 0 Å². The maximum atomic E-state index is 12.5. The summed E-state index contributed by atoms with van der Waals surface area (Å²) in [7, 11) is 0. The number of amides is 2. The molecular formula is C20H18N2O4. The number of benzene rings is 2. The minimum Gasteiger partial charge on any atom is -0.459 e. The summed E-state index contributed by atoms with van der Waals surface area (Å²) in [5.74, 6) is -0.107. The van der Waals surface area contributed by atoms with Gasteiger partial charge in [0.2, 0.25) is 0 Å². The van der Waals surface area contributed by atoms with Gasteiger partial charge in [-0.3, -0.25) is 10.1 Å². The maximum absolute atomic E-state index is 12.5. The zero-order valence-electron chi connectivity index (χ0n) is 14.2. The molecule has 3 rings (SSSR count). The van der Waals surface area contributed by atoms with Gasteiger partial charge in [-0.25, -0.2) is 4.79 Å². The molecule has 2 N–H and O–H groups in total. The minimum absolute atomic E-state index is 0.241. The van der Waals surface area contributed by atoms with Crippen LogP contribution in [0.3, 0.4) is 0 Å². The molecule has 2 amide bonds. The average Bonchev–Trinajstić information content (AvgIpc) is 3.14. The van der Waals surface area contributed by atoms with Crippen LogP contribution in [0.5, 0.6) is 0 Å². The number of furan rings is 1. The number of carbonyl (C=O) groups is 2. The van der Waals surface area contributed by atoms with Crippen LogP contribution in [0, 0.1) is 0 Å². The number of ether oxygens (including phenoxy) is 1. The molecule has 0 bridgehead atoms. The molecule has 0 aliphatic heterocycles. The van der Waals surface area contributed by atoms with Crippen LogP contribution in [0.15, 0.2) is 71.3 Å². The molecule has 132 valence electrons. The molecule has 0 saturated heterocycles. The van der Waals surface area contributed by atoms with E-state index in [9.17, 15) is 9.59 Å². The Balaban J connectivity index is 1.69. The summed E-state index contributed by atoms with van der Waals surface area (Å²) >= 11 is 0. The molecule has 0 aliphatic rings. The van der Waals surface area contributed by atoms with Gasteiger partial charge in [0, 0.05) is 16.9 Å². The van der Waals surface area contributed by atoms with Crippen LogP contribution in [-0.4, -0.2) is 18.6 Å². The van der Waals surface area contributed by atoms with E-state index in [1.807, 2.05) is 30.3 Å². The van der Waals surface area contributed by atoms with Crippen LogP contribution in [0.1, 0.15) is 17.5 Å². The van der Waals surface area contributed by atoms with Crippen molar-refractivity contribution in [3.05, 3.63) is 72.7 Å². The highest BCUT2D eigenvalue weighted by atomic mass is 16.5. The number of hydrogen-bond donors (Lipinski definition) is 2. The standard InChI is InChI=1S/C20H18N2O4/c1-2-25-20(24)22-16-10-8-15(9-11-16)21-19(23)18-17(12-13-26-18)14-6-4-3-5-7-14/h3-13H,2H2,1H3,(H,21,23)(H,22,24). The molecule has 0 saturated carbocycles. The van der Waals surface area contributed by atoms with E-state index in [1.54, 1.807) is 37.3 Å². The van der Waals surface area contributed by atoms with Crippen molar-refractivity contribution < 1.29 is 18.7 Å². The molecule has 0 radical (unpaired) electrons. The molecule has 1 aromatic heterocycles. The molecular weight excluding hydrogens is 332 g/mol. The topological polar surface area (TPSA) is 80.6 Å². The lowest BCUT2D eigenvalue weighted by Crippen LogP contribution is -2.14. The summed E-state index contributed by atoms with van der Waals surface area (Å²) in [6.45, 7) is 2.03. The van der Waals surface area contributed by atoms with E-state index in [0.717, 1.165) is 11.1 Å². The molecule has 3 aromatic rings. The molecule has 6 nitrogen and oxygen atoms in total. The van der Waals surface area contributed by atoms with Crippen LogP contribution in [-0.2, 0) is 4.74 Å². The lowest BCUT2D eigenvalue weighted by atomic mass is 10.1. The first-order valence-corrected chi connectivity index (χ1v) is 8.15. The summed E-state index contributed by atoms with van der Waals surface area (Å²) in [6, 6.07) is 18.0. The molecule has 26 heavy (non-hydrogen) atoms. The van der Waals surface area contributed by atoms with Gasteiger partial charge >= 0.3 is 6.09 Å². The summed E-state index contributed by atoms with van der Waals surface area (Å²) in [6.07, 6.45) is 0.969. The van der Waals surface area contributed by atoms with Gasteiger partial charge in [0.05, 0.1) is 12.9 Å². The molecule has 0 spiro atoms. The first-order valence-electron chi connectivity index (χ1n) is 8.15. The predicted molar refractivity (Wildman–Crippen MR) is 99.2 cm³/mol. The van der Waals surface area contributed by atoms with Gasteiger partial charge in [0.25, 0.3) is 5.91 Å². The van der Waals surface area contributed by atoms with E-state index in [-0.39, 0.29) is 11.7 Å². The third-order valence-electron chi connectivity index (χ3n) is 3.62. The minimum atomic E-state index is -0.521. The lowest BCUT2D eigenvalue weighted by Gasteiger charge is -2.08. The number of carbonyl (C=O) groups excluding carboxylic acids is 2. The summed E-state index contributed by atoms with van der Waals surface area (Å²) in [4.78, 5) is 23.9. The molecule has 2 aromatic carbocycles. The van der Waals surface area contributed by atoms with Crippen molar-refractivity contribution in [2.24, 2.45) is 0 Å². The molecule has 0 unspecified atom stereocenters. The van der Waals surface area contributed by atoms with Crippen LogP contribution in [0.25, 0.3) is 11.1 Å². The highest BCUT2D eigenvalue weighted by Gasteiger charge is 2.16. The number of anilines is 2. The van der Waals surface area contributed by atoms with Crippen LogP contribution in [0.2, 0.25) is 0 Å². The molecule has 0 aliphatic carbocycles. The number of hydrogen-bond acceptors (Lipinski definition) is 4. The molecule has 1 heterocycles. The Hall–Kier alpha value is -3.54. The molecule has 6 heteroatoms. The Morgan fingerprint density at radius 2 is 1.58 bits per heavy atom. The van der Waals surface area contributed by atoms with Crippen molar-refractivity contribution in [1.29, 1.82) is 0 Å². The monoisotopic (exact) mass is 350 g/mol. The fraction of sp³-hybridized carbons (Fsp3) is 0.100. The second-order valence-corrected chi connectivity index (χ2v) is 5.41.